The van der Waals surface area contributed by atoms with E-state index in [0.717, 1.165) is 49.2 Å². The second-order valence-electron chi connectivity index (χ2n) is 7.37. The monoisotopic (exact) mass is 397 g/mol. The Hall–Kier alpha value is -2.44. The first kappa shape index (κ1) is 18.9. The Kier molecular flexibility index (Phi) is 5.33. The number of nitrogens with zero attached hydrogens (tertiary/aromatic N) is 1. The largest absolute Gasteiger partial charge is 0.481 e. The molecule has 2 aromatic rings. The third kappa shape index (κ3) is 3.75. The summed E-state index contributed by atoms with van der Waals surface area (Å²) in [6, 6.07) is 10.3. The fraction of sp³-hybridized carbons (Fsp3) is 0.364. The minimum Gasteiger partial charge on any atom is -0.481 e. The fourth-order valence-corrected chi connectivity index (χ4v) is 5.24. The zero-order valence-corrected chi connectivity index (χ0v) is 16.4. The molecule has 0 spiro atoms. The van der Waals surface area contributed by atoms with Crippen LogP contribution in [0.3, 0.4) is 0 Å². The van der Waals surface area contributed by atoms with Crippen molar-refractivity contribution in [3.63, 3.8) is 0 Å². The number of likely N-dealkylation sites (tertiary alicyclic amines) is 1. The number of rotatable bonds is 4. The van der Waals surface area contributed by atoms with Crippen LogP contribution in [0.2, 0.25) is 0 Å². The van der Waals surface area contributed by atoms with Crippen LogP contribution in [0, 0.1) is 0 Å². The highest BCUT2D eigenvalue weighted by atomic mass is 32.1. The summed E-state index contributed by atoms with van der Waals surface area (Å²) >= 11 is 1.40. The molecule has 1 fully saturated rings. The molecule has 6 heteroatoms. The lowest BCUT2D eigenvalue weighted by Crippen LogP contribution is -2.33. The molecular weight excluding hydrogens is 374 g/mol. The van der Waals surface area contributed by atoms with Crippen molar-refractivity contribution >= 4 is 28.8 Å². The Labute approximate surface area is 167 Å². The van der Waals surface area contributed by atoms with E-state index >= 15 is 0 Å². The lowest BCUT2D eigenvalue weighted by Gasteiger charge is -2.29. The molecule has 146 valence electrons. The van der Waals surface area contributed by atoms with Gasteiger partial charge in [0.1, 0.15) is 4.88 Å². The molecule has 1 saturated heterocycles. The van der Waals surface area contributed by atoms with Crippen LogP contribution in [-0.4, -0.2) is 46.7 Å². The van der Waals surface area contributed by atoms with Gasteiger partial charge in [0.05, 0.1) is 6.42 Å². The number of piperidine rings is 1. The van der Waals surface area contributed by atoms with Crippen LogP contribution in [0.4, 0.5) is 0 Å². The number of carboxylic acid groups (broad SMARTS) is 2. The van der Waals surface area contributed by atoms with Crippen LogP contribution < -0.4 is 0 Å². The molecule has 1 aliphatic carbocycles. The zero-order chi connectivity index (χ0) is 19.7. The van der Waals surface area contributed by atoms with Gasteiger partial charge in [0.25, 0.3) is 0 Å². The quantitative estimate of drug-likeness (QED) is 0.818. The van der Waals surface area contributed by atoms with Crippen LogP contribution >= 0.6 is 11.3 Å². The summed E-state index contributed by atoms with van der Waals surface area (Å²) in [5.41, 5.74) is 6.20. The first-order valence-corrected chi connectivity index (χ1v) is 10.5. The molecule has 0 unspecified atom stereocenters. The number of hydrogen-bond acceptors (Lipinski definition) is 4. The first-order valence-electron chi connectivity index (χ1n) is 9.63. The molecule has 1 aromatic carbocycles. The second-order valence-corrected chi connectivity index (χ2v) is 8.51. The molecule has 5 nitrogen and oxygen atoms in total. The Morgan fingerprint density at radius 1 is 1.00 bits per heavy atom. The molecule has 0 saturated carbocycles. The third-order valence-corrected chi connectivity index (χ3v) is 6.84. The summed E-state index contributed by atoms with van der Waals surface area (Å²) in [6.07, 6.45) is 3.74. The molecule has 4 rings (SSSR count). The Bertz CT molecular complexity index is 949. The maximum absolute atomic E-state index is 11.5. The van der Waals surface area contributed by atoms with E-state index in [0.29, 0.717) is 11.4 Å². The van der Waals surface area contributed by atoms with Crippen molar-refractivity contribution in [2.75, 3.05) is 19.6 Å². The van der Waals surface area contributed by atoms with E-state index in [4.69, 9.17) is 5.11 Å². The van der Waals surface area contributed by atoms with Crippen molar-refractivity contribution in [3.8, 4) is 0 Å². The van der Waals surface area contributed by atoms with Crippen molar-refractivity contribution in [2.45, 2.75) is 32.1 Å². The summed E-state index contributed by atoms with van der Waals surface area (Å²) < 4.78 is 0. The van der Waals surface area contributed by atoms with Gasteiger partial charge in [-0.25, -0.2) is 4.79 Å². The number of benzene rings is 1. The van der Waals surface area contributed by atoms with Crippen molar-refractivity contribution in [2.24, 2.45) is 0 Å². The third-order valence-electron chi connectivity index (χ3n) is 5.65. The normalized spacial score (nSPS) is 17.0. The minimum atomic E-state index is -0.862. The number of fused-ring (bicyclic) bond motifs is 2. The highest BCUT2D eigenvalue weighted by Gasteiger charge is 2.26. The van der Waals surface area contributed by atoms with E-state index in [9.17, 15) is 14.7 Å². The number of thiophene rings is 1. The number of carbonyl (C=O) groups is 2. The Balaban J connectivity index is 1.72. The van der Waals surface area contributed by atoms with Crippen LogP contribution in [-0.2, 0) is 17.6 Å². The predicted octanol–water partition coefficient (Wildman–Crippen LogP) is 3.92. The Morgan fingerprint density at radius 2 is 1.75 bits per heavy atom. The summed E-state index contributed by atoms with van der Waals surface area (Å²) in [5, 5.41) is 18.4. The lowest BCUT2D eigenvalue weighted by molar-refractivity contribution is -0.137. The smallest absolute Gasteiger partial charge is 0.345 e. The highest BCUT2D eigenvalue weighted by Crippen LogP contribution is 2.41. The van der Waals surface area contributed by atoms with Gasteiger partial charge in [-0.05, 0) is 54.0 Å². The number of aromatic carboxylic acids is 1. The van der Waals surface area contributed by atoms with Gasteiger partial charge in [-0.2, -0.15) is 0 Å². The molecule has 0 amide bonds. The van der Waals surface area contributed by atoms with Crippen molar-refractivity contribution in [1.82, 2.24) is 4.90 Å². The van der Waals surface area contributed by atoms with Gasteiger partial charge in [0.2, 0.25) is 0 Å². The van der Waals surface area contributed by atoms with E-state index in [1.165, 1.54) is 33.6 Å². The molecule has 1 aromatic heterocycles. The van der Waals surface area contributed by atoms with Gasteiger partial charge in [-0.1, -0.05) is 29.8 Å². The molecule has 0 radical (unpaired) electrons. The van der Waals surface area contributed by atoms with Crippen LogP contribution in [0.15, 0.2) is 35.9 Å². The molecule has 1 aliphatic heterocycles. The van der Waals surface area contributed by atoms with Gasteiger partial charge < -0.3 is 15.1 Å². The number of aliphatic carboxylic acids is 1. The van der Waals surface area contributed by atoms with Crippen LogP contribution in [0.1, 0.15) is 50.5 Å². The van der Waals surface area contributed by atoms with Crippen molar-refractivity contribution < 1.29 is 19.8 Å². The molecule has 0 bridgehead atoms. The van der Waals surface area contributed by atoms with Gasteiger partial charge in [-0.3, -0.25) is 4.79 Å². The van der Waals surface area contributed by atoms with Gasteiger partial charge in [-0.15, -0.1) is 11.3 Å². The highest BCUT2D eigenvalue weighted by molar-refractivity contribution is 7.14. The number of aryl methyl sites for hydroxylation is 2. The summed E-state index contributed by atoms with van der Waals surface area (Å²) in [5.74, 6) is -1.62. The van der Waals surface area contributed by atoms with E-state index < -0.39 is 11.9 Å². The Morgan fingerprint density at radius 3 is 2.46 bits per heavy atom. The maximum atomic E-state index is 11.5. The molecular formula is C22H23NO4S. The molecule has 2 aliphatic rings. The topological polar surface area (TPSA) is 77.8 Å². The van der Waals surface area contributed by atoms with Crippen LogP contribution in [0.5, 0.6) is 0 Å². The second kappa shape index (κ2) is 7.89. The standard InChI is InChI=1S/C22H23NO4S/c24-20(25)9-12-23-10-7-15(8-11-23)21-16-4-2-1-3-14(16)5-6-18-17(21)13-19(28-18)22(26)27/h1-4,13H,5-12H2,(H,24,25)(H,26,27). The first-order chi connectivity index (χ1) is 13.5. The average Bonchev–Trinajstić information content (AvgIpc) is 3.04. The summed E-state index contributed by atoms with van der Waals surface area (Å²) in [7, 11) is 0. The lowest BCUT2D eigenvalue weighted by atomic mass is 9.87. The van der Waals surface area contributed by atoms with Gasteiger partial charge in [0, 0.05) is 24.5 Å². The summed E-state index contributed by atoms with van der Waals surface area (Å²) in [6.45, 7) is 2.28. The van der Waals surface area contributed by atoms with Crippen molar-refractivity contribution in [1.29, 1.82) is 0 Å². The van der Waals surface area contributed by atoms with Crippen molar-refractivity contribution in [3.05, 3.63) is 62.3 Å². The van der Waals surface area contributed by atoms with Gasteiger partial charge in [0.15, 0.2) is 0 Å². The maximum Gasteiger partial charge on any atom is 0.345 e. The molecule has 2 N–H and O–H groups in total. The van der Waals surface area contributed by atoms with E-state index in [1.54, 1.807) is 0 Å². The number of carboxylic acids is 2. The fourth-order valence-electron chi connectivity index (χ4n) is 4.24. The predicted molar refractivity (Wildman–Crippen MR) is 109 cm³/mol. The zero-order valence-electron chi connectivity index (χ0n) is 15.6. The van der Waals surface area contributed by atoms with E-state index in [2.05, 4.69) is 29.2 Å². The average molecular weight is 397 g/mol. The molecule has 0 atom stereocenters. The minimum absolute atomic E-state index is 0.172. The SMILES string of the molecule is O=C(O)CCN1CCC(=C2c3ccccc3CCc3sc(C(=O)O)cc32)CC1. The molecule has 28 heavy (non-hydrogen) atoms. The number of hydrogen-bond donors (Lipinski definition) is 2. The van der Waals surface area contributed by atoms with Crippen LogP contribution in [0.25, 0.3) is 5.57 Å². The van der Waals surface area contributed by atoms with E-state index in [1.807, 2.05) is 6.07 Å². The van der Waals surface area contributed by atoms with E-state index in [-0.39, 0.29) is 6.42 Å². The van der Waals surface area contributed by atoms with Gasteiger partial charge >= 0.3 is 11.9 Å². The molecule has 2 heterocycles. The summed E-state index contributed by atoms with van der Waals surface area (Å²) in [4.78, 5) is 26.2.